The van der Waals surface area contributed by atoms with E-state index in [-0.39, 0.29) is 22.6 Å². The van der Waals surface area contributed by atoms with E-state index < -0.39 is 30.1 Å². The fourth-order valence-corrected chi connectivity index (χ4v) is 2.80. The van der Waals surface area contributed by atoms with Crippen molar-refractivity contribution in [1.29, 1.82) is 0 Å². The number of anilines is 1. The van der Waals surface area contributed by atoms with Crippen molar-refractivity contribution in [3.05, 3.63) is 60.2 Å². The van der Waals surface area contributed by atoms with Gasteiger partial charge in [-0.15, -0.1) is 16.9 Å². The van der Waals surface area contributed by atoms with Gasteiger partial charge in [-0.05, 0) is 30.3 Å². The summed E-state index contributed by atoms with van der Waals surface area (Å²) in [5, 5.41) is 9.79. The minimum atomic E-state index is -0.765. The summed E-state index contributed by atoms with van der Waals surface area (Å²) in [6.07, 6.45) is 0. The molecule has 0 aliphatic carbocycles. The maximum Gasteiger partial charge on any atom is 0.322 e. The quantitative estimate of drug-likeness (QED) is 0.476. The van der Waals surface area contributed by atoms with E-state index in [1.165, 1.54) is 0 Å². The van der Waals surface area contributed by atoms with Gasteiger partial charge < -0.3 is 9.15 Å². The zero-order valence-corrected chi connectivity index (χ0v) is 15.0. The normalized spacial score (nSPS) is 10.5. The molecule has 0 aliphatic rings. The molecule has 1 amide bonds. The summed E-state index contributed by atoms with van der Waals surface area (Å²) in [6, 6.07) is 11.7. The van der Waals surface area contributed by atoms with Gasteiger partial charge in [0.05, 0.1) is 5.75 Å². The summed E-state index contributed by atoms with van der Waals surface area (Å²) in [6.45, 7) is -0.589. The Morgan fingerprint density at radius 2 is 1.89 bits per heavy atom. The van der Waals surface area contributed by atoms with E-state index in [1.807, 2.05) is 6.07 Å². The van der Waals surface area contributed by atoms with E-state index >= 15 is 0 Å². The van der Waals surface area contributed by atoms with Crippen LogP contribution in [0.5, 0.6) is 0 Å². The van der Waals surface area contributed by atoms with Crippen molar-refractivity contribution < 1.29 is 27.5 Å². The second-order valence-corrected chi connectivity index (χ2v) is 6.37. The third kappa shape index (κ3) is 5.36. The molecule has 28 heavy (non-hydrogen) atoms. The molecule has 3 aromatic rings. The number of benzene rings is 2. The van der Waals surface area contributed by atoms with Gasteiger partial charge >= 0.3 is 12.0 Å². The lowest BCUT2D eigenvalue weighted by Gasteiger charge is -2.05. The van der Waals surface area contributed by atoms with E-state index in [2.05, 4.69) is 15.5 Å². The number of carbonyl (C=O) groups is 2. The number of hydrogen-bond donors (Lipinski definition) is 1. The van der Waals surface area contributed by atoms with E-state index in [0.717, 1.165) is 30.0 Å². The van der Waals surface area contributed by atoms with Crippen LogP contribution in [0.15, 0.2) is 57.8 Å². The molecule has 0 bridgehead atoms. The molecule has 0 atom stereocenters. The molecule has 0 fully saturated rings. The Balaban J connectivity index is 1.45. The second kappa shape index (κ2) is 9.09. The molecule has 0 radical (unpaired) electrons. The van der Waals surface area contributed by atoms with Crippen LogP contribution in [0.4, 0.5) is 14.8 Å². The maximum atomic E-state index is 13.5. The van der Waals surface area contributed by atoms with Gasteiger partial charge in [0.25, 0.3) is 5.91 Å². The number of rotatable bonds is 7. The molecule has 0 aliphatic heterocycles. The van der Waals surface area contributed by atoms with Crippen LogP contribution in [-0.2, 0) is 14.3 Å². The van der Waals surface area contributed by atoms with Crippen molar-refractivity contribution in [3.8, 4) is 11.5 Å². The number of halogens is 2. The minimum Gasteiger partial charge on any atom is -0.455 e. The zero-order chi connectivity index (χ0) is 19.9. The predicted molar refractivity (Wildman–Crippen MR) is 96.4 cm³/mol. The van der Waals surface area contributed by atoms with Gasteiger partial charge in [0, 0.05) is 10.5 Å². The number of nitrogens with zero attached hydrogens (tertiary/aromatic N) is 2. The van der Waals surface area contributed by atoms with Crippen molar-refractivity contribution in [2.24, 2.45) is 0 Å². The standard InChI is InChI=1S/C18H13F2N3O4S/c19-12-6-7-13(20)14(8-12)28-10-16(25)26-9-15(24)21-18-23-22-17(27-18)11-4-2-1-3-5-11/h1-8H,9-10H2,(H,21,23,24). The summed E-state index contributed by atoms with van der Waals surface area (Å²) in [5.74, 6) is -2.78. The highest BCUT2D eigenvalue weighted by Gasteiger charge is 2.14. The average Bonchev–Trinajstić information content (AvgIpc) is 3.16. The maximum absolute atomic E-state index is 13.5. The second-order valence-electron chi connectivity index (χ2n) is 5.35. The number of carbonyl (C=O) groups excluding carboxylic acids is 2. The van der Waals surface area contributed by atoms with Crippen LogP contribution >= 0.6 is 11.8 Å². The Bertz CT molecular complexity index is 982. The summed E-state index contributed by atoms with van der Waals surface area (Å²) >= 11 is 0.764. The monoisotopic (exact) mass is 405 g/mol. The van der Waals surface area contributed by atoms with Crippen LogP contribution in [0, 0.1) is 11.6 Å². The summed E-state index contributed by atoms with van der Waals surface area (Å²) in [5.41, 5.74) is 0.684. The third-order valence-corrected chi connectivity index (χ3v) is 4.30. The Kier molecular flexibility index (Phi) is 6.33. The first-order chi connectivity index (χ1) is 13.5. The van der Waals surface area contributed by atoms with Gasteiger partial charge in [-0.3, -0.25) is 14.9 Å². The minimum absolute atomic E-state index is 0.0271. The van der Waals surface area contributed by atoms with Crippen LogP contribution in [-0.4, -0.2) is 34.4 Å². The van der Waals surface area contributed by atoms with Gasteiger partial charge in [-0.2, -0.15) is 0 Å². The number of hydrogen-bond acceptors (Lipinski definition) is 7. The van der Waals surface area contributed by atoms with Crippen LogP contribution < -0.4 is 5.32 Å². The fraction of sp³-hybridized carbons (Fsp3) is 0.111. The molecule has 0 saturated heterocycles. The molecule has 0 unspecified atom stereocenters. The van der Waals surface area contributed by atoms with E-state index in [9.17, 15) is 18.4 Å². The summed E-state index contributed by atoms with van der Waals surface area (Å²) in [7, 11) is 0. The van der Waals surface area contributed by atoms with E-state index in [1.54, 1.807) is 24.3 Å². The number of amides is 1. The highest BCUT2D eigenvalue weighted by Crippen LogP contribution is 2.23. The molecule has 0 saturated carbocycles. The van der Waals surface area contributed by atoms with Gasteiger partial charge in [0.15, 0.2) is 6.61 Å². The lowest BCUT2D eigenvalue weighted by molar-refractivity contribution is -0.144. The molecule has 10 heteroatoms. The Labute approximate surface area is 162 Å². The molecule has 3 rings (SSSR count). The topological polar surface area (TPSA) is 94.3 Å². The van der Waals surface area contributed by atoms with E-state index in [4.69, 9.17) is 9.15 Å². The van der Waals surface area contributed by atoms with E-state index in [0.29, 0.717) is 5.56 Å². The van der Waals surface area contributed by atoms with Crippen molar-refractivity contribution in [1.82, 2.24) is 10.2 Å². The fourth-order valence-electron chi connectivity index (χ4n) is 2.04. The molecule has 0 spiro atoms. The highest BCUT2D eigenvalue weighted by atomic mass is 32.2. The van der Waals surface area contributed by atoms with Crippen LogP contribution in [0.1, 0.15) is 0 Å². The third-order valence-electron chi connectivity index (χ3n) is 3.30. The lowest BCUT2D eigenvalue weighted by Crippen LogP contribution is -2.21. The first-order valence-electron chi connectivity index (χ1n) is 7.93. The van der Waals surface area contributed by atoms with Gasteiger partial charge in [-0.1, -0.05) is 23.3 Å². The first kappa shape index (κ1) is 19.5. The number of ether oxygens (including phenoxy) is 1. The SMILES string of the molecule is O=C(COC(=O)CSc1cc(F)ccc1F)Nc1nnc(-c2ccccc2)o1. The number of aromatic nitrogens is 2. The lowest BCUT2D eigenvalue weighted by atomic mass is 10.2. The predicted octanol–water partition coefficient (Wildman–Crippen LogP) is 3.29. The zero-order valence-electron chi connectivity index (χ0n) is 14.2. The molecule has 1 heterocycles. The molecule has 2 aromatic carbocycles. The highest BCUT2D eigenvalue weighted by molar-refractivity contribution is 8.00. The first-order valence-corrected chi connectivity index (χ1v) is 8.92. The van der Waals surface area contributed by atoms with Crippen molar-refractivity contribution in [2.45, 2.75) is 4.90 Å². The Morgan fingerprint density at radius 1 is 1.11 bits per heavy atom. The van der Waals surface area contributed by atoms with Crippen molar-refractivity contribution in [3.63, 3.8) is 0 Å². The van der Waals surface area contributed by atoms with Gasteiger partial charge in [-0.25, -0.2) is 8.78 Å². The molecule has 7 nitrogen and oxygen atoms in total. The Morgan fingerprint density at radius 3 is 2.68 bits per heavy atom. The Hall–Kier alpha value is -3.27. The molecular weight excluding hydrogens is 392 g/mol. The van der Waals surface area contributed by atoms with Crippen LogP contribution in [0.3, 0.4) is 0 Å². The van der Waals surface area contributed by atoms with Crippen LogP contribution in [0.25, 0.3) is 11.5 Å². The number of esters is 1. The largest absolute Gasteiger partial charge is 0.455 e. The molecule has 1 aromatic heterocycles. The van der Waals surface area contributed by atoms with Gasteiger partial charge in [0.1, 0.15) is 11.6 Å². The average molecular weight is 405 g/mol. The molecule has 144 valence electrons. The van der Waals surface area contributed by atoms with Gasteiger partial charge in [0.2, 0.25) is 5.89 Å². The summed E-state index contributed by atoms with van der Waals surface area (Å²) in [4.78, 5) is 23.4. The molecular formula is C18H13F2N3O4S. The van der Waals surface area contributed by atoms with Crippen molar-refractivity contribution in [2.75, 3.05) is 17.7 Å². The van der Waals surface area contributed by atoms with Crippen LogP contribution in [0.2, 0.25) is 0 Å². The van der Waals surface area contributed by atoms with Crippen molar-refractivity contribution >= 4 is 29.7 Å². The number of nitrogens with one attached hydrogen (secondary N) is 1. The smallest absolute Gasteiger partial charge is 0.322 e. The molecule has 1 N–H and O–H groups in total. The summed E-state index contributed by atoms with van der Waals surface area (Å²) < 4.78 is 36.6. The number of thioether (sulfide) groups is 1.